The molecule has 0 unspecified atom stereocenters. The predicted molar refractivity (Wildman–Crippen MR) is 23.4 cm³/mol. The summed E-state index contributed by atoms with van der Waals surface area (Å²) in [7, 11) is 17.0. The van der Waals surface area contributed by atoms with Crippen molar-refractivity contribution in [2.24, 2.45) is 0 Å². The molecule has 0 nitrogen and oxygen atoms in total. The molecule has 0 fully saturated rings. The Kier molecular flexibility index (Phi) is 8.06. The summed E-state index contributed by atoms with van der Waals surface area (Å²) in [6, 6.07) is 0. The van der Waals surface area contributed by atoms with Gasteiger partial charge in [0.15, 0.2) is 0 Å². The molecule has 0 aromatic carbocycles. The zero-order valence-electron chi connectivity index (χ0n) is 2.22. The average molecular weight is 344 g/mol. The summed E-state index contributed by atoms with van der Waals surface area (Å²) in [5.41, 5.74) is 0. The molecule has 0 aromatic heterocycles. The number of hydrogen-bond donors (Lipinski definition) is 0. The summed E-state index contributed by atoms with van der Waals surface area (Å²) in [4.78, 5) is 0. The van der Waals surface area contributed by atoms with Crippen LogP contribution in [0.5, 0.6) is 0 Å². The number of halogens is 4. The first-order valence-corrected chi connectivity index (χ1v) is 9.49. The molecule has 0 radical (unpaired) electrons. The van der Waals surface area contributed by atoms with Gasteiger partial charge in [-0.05, 0) is 0 Å². The maximum atomic E-state index is 5.00. The van der Waals surface area contributed by atoms with Gasteiger partial charge in [0.2, 0.25) is 0 Å². The van der Waals surface area contributed by atoms with Gasteiger partial charge in [0.05, 0.1) is 0 Å². The van der Waals surface area contributed by atoms with Crippen molar-refractivity contribution in [1.29, 1.82) is 0 Å². The molecule has 0 rings (SSSR count). The standard InChI is InChI=1S/4ClH.2Ru/h4*1H;;/q;;;;;+4/p-4. The van der Waals surface area contributed by atoms with Crippen LogP contribution in [-0.2, 0) is 30.3 Å². The van der Waals surface area contributed by atoms with Crippen molar-refractivity contribution in [2.75, 3.05) is 0 Å². The predicted octanol–water partition coefficient (Wildman–Crippen LogP) is 2.75. The molecule has 6 heteroatoms. The second-order valence-electron chi connectivity index (χ2n) is 0.303. The van der Waals surface area contributed by atoms with Gasteiger partial charge < -0.3 is 0 Å². The molecule has 0 aromatic rings. The Morgan fingerprint density at radius 2 is 0.833 bits per heavy atom. The molecular formula is Cl4Ru2. The van der Waals surface area contributed by atoms with Gasteiger partial charge in [-0.1, -0.05) is 0 Å². The Hall–Kier alpha value is 2.41. The van der Waals surface area contributed by atoms with Crippen LogP contribution in [0.25, 0.3) is 0 Å². The van der Waals surface area contributed by atoms with E-state index in [0.717, 1.165) is 0 Å². The molecule has 0 atom stereocenters. The fraction of sp³-hybridized carbons (Fsp3) is 0. The maximum absolute atomic E-state index is 5.00. The van der Waals surface area contributed by atoms with E-state index in [1.807, 2.05) is 0 Å². The van der Waals surface area contributed by atoms with E-state index < -0.39 is 10.8 Å². The summed E-state index contributed by atoms with van der Waals surface area (Å²) in [6.07, 6.45) is 0. The van der Waals surface area contributed by atoms with Crippen molar-refractivity contribution >= 4 is 38.8 Å². The Morgan fingerprint density at radius 3 is 0.833 bits per heavy atom. The third-order valence-electron chi connectivity index (χ3n) is 0. The number of hydrogen-bond acceptors (Lipinski definition) is 0. The first-order chi connectivity index (χ1) is 2.00. The van der Waals surface area contributed by atoms with Gasteiger partial charge in [0.1, 0.15) is 0 Å². The monoisotopic (exact) mass is 344 g/mol. The van der Waals surface area contributed by atoms with E-state index >= 15 is 0 Å². The van der Waals surface area contributed by atoms with Crippen LogP contribution in [0.4, 0.5) is 0 Å². The van der Waals surface area contributed by atoms with Gasteiger partial charge in [-0.3, -0.25) is 0 Å². The van der Waals surface area contributed by atoms with Crippen LogP contribution in [0.3, 0.4) is 0 Å². The van der Waals surface area contributed by atoms with E-state index in [2.05, 4.69) is 0 Å². The Balaban J connectivity index is 0. The van der Waals surface area contributed by atoms with E-state index in [9.17, 15) is 0 Å². The fourth-order valence-electron chi connectivity index (χ4n) is 0. The van der Waals surface area contributed by atoms with Crippen molar-refractivity contribution in [3.8, 4) is 0 Å². The van der Waals surface area contributed by atoms with Gasteiger partial charge >= 0.3 is 49.6 Å². The smallest absolute Gasteiger partial charge is 0 e. The van der Waals surface area contributed by atoms with Gasteiger partial charge in [-0.15, -0.1) is 0 Å². The minimum atomic E-state index is -2.97. The molecule has 0 saturated heterocycles. The van der Waals surface area contributed by atoms with Crippen molar-refractivity contribution in [3.63, 3.8) is 0 Å². The summed E-state index contributed by atoms with van der Waals surface area (Å²) in [5, 5.41) is 0. The van der Waals surface area contributed by atoms with Crippen LogP contribution in [0.15, 0.2) is 0 Å². The molecule has 0 bridgehead atoms. The Morgan fingerprint density at radius 1 is 0.833 bits per heavy atom. The summed E-state index contributed by atoms with van der Waals surface area (Å²) in [5.74, 6) is 0. The van der Waals surface area contributed by atoms with Crippen molar-refractivity contribution in [1.82, 2.24) is 0 Å². The largest absolute Gasteiger partial charge is 0 e. The molecule has 0 saturated carbocycles. The quantitative estimate of drug-likeness (QED) is 0.593. The van der Waals surface area contributed by atoms with Crippen LogP contribution >= 0.6 is 38.8 Å². The first-order valence-electron chi connectivity index (χ1n) is 0.535. The zero-order chi connectivity index (χ0) is 4.50. The topological polar surface area (TPSA) is 0 Å². The second kappa shape index (κ2) is 4.30. The van der Waals surface area contributed by atoms with Crippen LogP contribution < -0.4 is 0 Å². The Bertz CT molecular complexity index is 21.0. The maximum Gasteiger partial charge on any atom is 0 e. The van der Waals surface area contributed by atoms with E-state index in [0.29, 0.717) is 0 Å². The van der Waals surface area contributed by atoms with Crippen molar-refractivity contribution in [2.45, 2.75) is 0 Å². The molecule has 0 heterocycles. The van der Waals surface area contributed by atoms with Crippen LogP contribution in [0.1, 0.15) is 0 Å². The van der Waals surface area contributed by atoms with E-state index in [4.69, 9.17) is 38.8 Å². The van der Waals surface area contributed by atoms with Crippen LogP contribution in [-0.4, -0.2) is 0 Å². The molecule has 0 amide bonds. The third kappa shape index (κ3) is 32.3. The van der Waals surface area contributed by atoms with Gasteiger partial charge in [-0.2, -0.15) is 0 Å². The fourth-order valence-corrected chi connectivity index (χ4v) is 0. The van der Waals surface area contributed by atoms with Crippen LogP contribution in [0.2, 0.25) is 0 Å². The van der Waals surface area contributed by atoms with Gasteiger partial charge in [0.25, 0.3) is 0 Å². The summed E-state index contributed by atoms with van der Waals surface area (Å²) >= 11 is 0. The minimum Gasteiger partial charge on any atom is 0 e. The molecule has 6 heavy (non-hydrogen) atoms. The Labute approximate surface area is 68.2 Å². The molecule has 0 aliphatic carbocycles. The average Bonchev–Trinajstić information content (AvgIpc) is 0.722. The van der Waals surface area contributed by atoms with Crippen LogP contribution in [0, 0.1) is 0 Å². The molecule has 0 aliphatic rings. The van der Waals surface area contributed by atoms with Crippen molar-refractivity contribution < 1.29 is 30.3 Å². The minimum absolute atomic E-state index is 0. The second-order valence-corrected chi connectivity index (χ2v) is 16.1. The first kappa shape index (κ1) is 11.2. The van der Waals surface area contributed by atoms with Gasteiger partial charge in [-0.25, -0.2) is 0 Å². The molecule has 0 spiro atoms. The van der Waals surface area contributed by atoms with Gasteiger partial charge in [0, 0.05) is 19.5 Å². The molecule has 0 aliphatic heterocycles. The summed E-state index contributed by atoms with van der Waals surface area (Å²) < 4.78 is 0. The molecule has 44 valence electrons. The third-order valence-corrected chi connectivity index (χ3v) is 0. The summed E-state index contributed by atoms with van der Waals surface area (Å²) in [6.45, 7) is 0. The number of rotatable bonds is 0. The molecule has 0 N–H and O–H groups in total. The zero-order valence-corrected chi connectivity index (χ0v) is 8.72. The normalized spacial score (nSPS) is 12.7. The van der Waals surface area contributed by atoms with Crippen molar-refractivity contribution in [3.05, 3.63) is 0 Å². The molecular weight excluding hydrogens is 344 g/mol. The van der Waals surface area contributed by atoms with E-state index in [1.54, 1.807) is 0 Å². The SMILES string of the molecule is [Cl][Ru]([Cl])([Cl])[Cl].[Ru]. The van der Waals surface area contributed by atoms with E-state index in [1.165, 1.54) is 0 Å². The van der Waals surface area contributed by atoms with E-state index in [-0.39, 0.29) is 19.5 Å².